The van der Waals surface area contributed by atoms with Crippen LogP contribution in [0.15, 0.2) is 58.2 Å². The highest BCUT2D eigenvalue weighted by Gasteiger charge is 2.20. The first-order chi connectivity index (χ1) is 9.67. The number of nitrogens with zero attached hydrogens (tertiary/aromatic N) is 4. The number of hydrogen-bond donors (Lipinski definition) is 1. The number of rotatable bonds is 6. The summed E-state index contributed by atoms with van der Waals surface area (Å²) >= 11 is 0. The van der Waals surface area contributed by atoms with Crippen molar-refractivity contribution in [3.63, 3.8) is 0 Å². The smallest absolute Gasteiger partial charge is 0.151 e. The van der Waals surface area contributed by atoms with E-state index in [2.05, 4.69) is 39.8 Å². The molecule has 0 atom stereocenters. The molecule has 0 aromatic carbocycles. The van der Waals surface area contributed by atoms with Gasteiger partial charge in [0.05, 0.1) is 5.70 Å². The van der Waals surface area contributed by atoms with E-state index >= 15 is 0 Å². The van der Waals surface area contributed by atoms with Gasteiger partial charge in [0.25, 0.3) is 0 Å². The third kappa shape index (κ3) is 3.85. The molecule has 1 heterocycles. The number of nitrogens with two attached hydrogens (primary N) is 1. The van der Waals surface area contributed by atoms with Gasteiger partial charge >= 0.3 is 0 Å². The molecule has 2 N–H and O–H groups in total. The molecule has 0 amide bonds. The molecule has 1 aliphatic rings. The molecule has 0 radical (unpaired) electrons. The Hall–Kier alpha value is -2.30. The van der Waals surface area contributed by atoms with Gasteiger partial charge in [0.2, 0.25) is 0 Å². The first-order valence-electron chi connectivity index (χ1n) is 6.56. The normalized spacial score (nSPS) is 17.9. The summed E-state index contributed by atoms with van der Waals surface area (Å²) in [4.78, 5) is 12.4. The van der Waals surface area contributed by atoms with Crippen LogP contribution < -0.4 is 5.73 Å². The minimum Gasteiger partial charge on any atom is -0.396 e. The molecule has 20 heavy (non-hydrogen) atoms. The fourth-order valence-corrected chi connectivity index (χ4v) is 2.14. The van der Waals surface area contributed by atoms with E-state index in [1.54, 1.807) is 6.08 Å². The zero-order chi connectivity index (χ0) is 15.0. The van der Waals surface area contributed by atoms with Gasteiger partial charge in [-0.1, -0.05) is 18.7 Å². The topological polar surface area (TPSA) is 57.2 Å². The molecule has 1 fully saturated rings. The Labute approximate surface area is 121 Å². The van der Waals surface area contributed by atoms with Crippen LogP contribution in [0.1, 0.15) is 6.92 Å². The Morgan fingerprint density at radius 2 is 1.70 bits per heavy atom. The minimum atomic E-state index is 0.639. The quantitative estimate of drug-likeness (QED) is 0.592. The fraction of sp³-hybridized carbons (Fsp3) is 0.333. The number of aliphatic imine (C=N–C) groups is 2. The van der Waals surface area contributed by atoms with Crippen molar-refractivity contribution in [1.29, 1.82) is 0 Å². The maximum atomic E-state index is 5.99. The molecule has 1 rings (SSSR count). The molecule has 0 unspecified atom stereocenters. The molecular formula is C15H23N5. The number of allylic oxidation sites excluding steroid dienone is 4. The first kappa shape index (κ1) is 15.8. The Morgan fingerprint density at radius 3 is 2.15 bits per heavy atom. The van der Waals surface area contributed by atoms with Crippen LogP contribution in [0.5, 0.6) is 0 Å². The lowest BCUT2D eigenvalue weighted by Gasteiger charge is -2.37. The summed E-state index contributed by atoms with van der Waals surface area (Å²) in [6, 6.07) is 0. The van der Waals surface area contributed by atoms with Crippen LogP contribution >= 0.6 is 0 Å². The van der Waals surface area contributed by atoms with Crippen LogP contribution in [0.3, 0.4) is 0 Å². The van der Waals surface area contributed by atoms with E-state index in [0.717, 1.165) is 37.8 Å². The average molecular weight is 273 g/mol. The van der Waals surface area contributed by atoms with Crippen molar-refractivity contribution in [1.82, 2.24) is 9.80 Å². The Bertz CT molecular complexity index is 451. The minimum absolute atomic E-state index is 0.639. The lowest BCUT2D eigenvalue weighted by molar-refractivity contribution is 0.189. The van der Waals surface area contributed by atoms with Crippen LogP contribution in [0.4, 0.5) is 0 Å². The van der Waals surface area contributed by atoms with E-state index in [1.807, 2.05) is 25.2 Å². The molecule has 0 aromatic heterocycles. The molecule has 5 heteroatoms. The van der Waals surface area contributed by atoms with Crippen LogP contribution in [0.2, 0.25) is 0 Å². The SMILES string of the molecule is C=C/C=C(\N=C)N1CCN(/C(N=C)=C(N)/C=C\C)CC1. The van der Waals surface area contributed by atoms with Crippen LogP contribution in [0.25, 0.3) is 0 Å². The molecule has 0 aliphatic carbocycles. The van der Waals surface area contributed by atoms with E-state index in [-0.39, 0.29) is 0 Å². The largest absolute Gasteiger partial charge is 0.396 e. The maximum absolute atomic E-state index is 5.99. The second-order valence-electron chi connectivity index (χ2n) is 4.33. The summed E-state index contributed by atoms with van der Waals surface area (Å²) in [5.41, 5.74) is 6.63. The van der Waals surface area contributed by atoms with E-state index in [1.165, 1.54) is 0 Å². The van der Waals surface area contributed by atoms with Crippen molar-refractivity contribution in [2.75, 3.05) is 26.2 Å². The van der Waals surface area contributed by atoms with Crippen molar-refractivity contribution in [3.8, 4) is 0 Å². The fourth-order valence-electron chi connectivity index (χ4n) is 2.14. The van der Waals surface area contributed by atoms with Gasteiger partial charge in [-0.3, -0.25) is 0 Å². The van der Waals surface area contributed by atoms with Crippen molar-refractivity contribution in [3.05, 3.63) is 48.2 Å². The molecule has 108 valence electrons. The highest BCUT2D eigenvalue weighted by molar-refractivity contribution is 5.33. The molecule has 0 bridgehead atoms. The monoisotopic (exact) mass is 273 g/mol. The zero-order valence-corrected chi connectivity index (χ0v) is 12.1. The molecule has 1 saturated heterocycles. The van der Waals surface area contributed by atoms with Crippen LogP contribution in [0, 0.1) is 0 Å². The zero-order valence-electron chi connectivity index (χ0n) is 12.1. The van der Waals surface area contributed by atoms with Gasteiger partial charge in [-0.05, 0) is 32.5 Å². The Balaban J connectivity index is 2.77. The summed E-state index contributed by atoms with van der Waals surface area (Å²) in [5, 5.41) is 0. The standard InChI is InChI=1S/C15H23N5/c1-5-7-13(16)15(18-4)20-11-9-19(10-12-20)14(17-3)8-6-2/h5-8H,2-4,9-12,16H2,1H3/b7-5-,14-8+,15-13-. The molecule has 5 nitrogen and oxygen atoms in total. The van der Waals surface area contributed by atoms with E-state index < -0.39 is 0 Å². The molecule has 0 aromatic rings. The second kappa shape index (κ2) is 7.99. The van der Waals surface area contributed by atoms with Crippen molar-refractivity contribution < 1.29 is 0 Å². The average Bonchev–Trinajstić information content (AvgIpc) is 2.47. The van der Waals surface area contributed by atoms with Crippen molar-refractivity contribution >= 4 is 13.4 Å². The molecular weight excluding hydrogens is 250 g/mol. The third-order valence-corrected chi connectivity index (χ3v) is 3.09. The second-order valence-corrected chi connectivity index (χ2v) is 4.33. The number of hydrogen-bond acceptors (Lipinski definition) is 5. The lowest BCUT2D eigenvalue weighted by atomic mass is 10.3. The third-order valence-electron chi connectivity index (χ3n) is 3.09. The van der Waals surface area contributed by atoms with E-state index in [4.69, 9.17) is 5.73 Å². The highest BCUT2D eigenvalue weighted by atomic mass is 15.3. The van der Waals surface area contributed by atoms with Gasteiger partial charge in [0.15, 0.2) is 5.82 Å². The Kier molecular flexibility index (Phi) is 6.29. The van der Waals surface area contributed by atoms with Gasteiger partial charge < -0.3 is 15.5 Å². The first-order valence-corrected chi connectivity index (χ1v) is 6.56. The highest BCUT2D eigenvalue weighted by Crippen LogP contribution is 2.16. The van der Waals surface area contributed by atoms with Gasteiger partial charge in [-0.25, -0.2) is 9.98 Å². The van der Waals surface area contributed by atoms with Crippen LogP contribution in [-0.2, 0) is 0 Å². The number of piperazine rings is 1. The summed E-state index contributed by atoms with van der Waals surface area (Å²) < 4.78 is 0. The van der Waals surface area contributed by atoms with Gasteiger partial charge in [0, 0.05) is 26.2 Å². The summed E-state index contributed by atoms with van der Waals surface area (Å²) in [5.74, 6) is 1.58. The van der Waals surface area contributed by atoms with Crippen molar-refractivity contribution in [2.24, 2.45) is 15.7 Å². The van der Waals surface area contributed by atoms with Crippen molar-refractivity contribution in [2.45, 2.75) is 6.92 Å². The lowest BCUT2D eigenvalue weighted by Crippen LogP contribution is -2.45. The van der Waals surface area contributed by atoms with E-state index in [0.29, 0.717) is 5.70 Å². The van der Waals surface area contributed by atoms with Gasteiger partial charge in [0.1, 0.15) is 5.82 Å². The predicted octanol–water partition coefficient (Wildman–Crippen LogP) is 1.74. The molecule has 1 aliphatic heterocycles. The predicted molar refractivity (Wildman–Crippen MR) is 86.6 cm³/mol. The van der Waals surface area contributed by atoms with Gasteiger partial charge in [-0.15, -0.1) is 0 Å². The van der Waals surface area contributed by atoms with Gasteiger partial charge in [-0.2, -0.15) is 0 Å². The Morgan fingerprint density at radius 1 is 1.10 bits per heavy atom. The molecule has 0 saturated carbocycles. The summed E-state index contributed by atoms with van der Waals surface area (Å²) in [6.45, 7) is 16.1. The van der Waals surface area contributed by atoms with Crippen LogP contribution in [-0.4, -0.2) is 49.4 Å². The maximum Gasteiger partial charge on any atom is 0.151 e. The van der Waals surface area contributed by atoms with E-state index in [9.17, 15) is 0 Å². The summed E-state index contributed by atoms with van der Waals surface area (Å²) in [7, 11) is 0. The summed E-state index contributed by atoms with van der Waals surface area (Å²) in [6.07, 6.45) is 7.31. The molecule has 0 spiro atoms.